The molecule has 1 heterocycles. The summed E-state index contributed by atoms with van der Waals surface area (Å²) in [4.78, 5) is 11.7. The van der Waals surface area contributed by atoms with Crippen LogP contribution < -0.4 is 16.2 Å². The standard InChI is InChI=1S/C24H33N3O4S.ClH/c1-17-15-19(7-8-22(17)20-5-4-6-21(16-20)31-14-11-25)18-9-12-27(13-10-18)32(29,30)24(2,3)23(26)28;/h4-8,15-16,18H,9-14,25H2,1-3H3,(H2,26,28);1H. The van der Waals surface area contributed by atoms with Gasteiger partial charge in [0.05, 0.1) is 0 Å². The van der Waals surface area contributed by atoms with Crippen molar-refractivity contribution in [2.45, 2.75) is 44.3 Å². The number of hydrogen-bond donors (Lipinski definition) is 2. The monoisotopic (exact) mass is 495 g/mol. The van der Waals surface area contributed by atoms with Gasteiger partial charge in [0.15, 0.2) is 4.75 Å². The van der Waals surface area contributed by atoms with Gasteiger partial charge in [0, 0.05) is 19.6 Å². The summed E-state index contributed by atoms with van der Waals surface area (Å²) in [7, 11) is -3.79. The number of nitrogens with two attached hydrogens (primary N) is 2. The zero-order valence-electron chi connectivity index (χ0n) is 19.4. The second-order valence-corrected chi connectivity index (χ2v) is 11.3. The highest BCUT2D eigenvalue weighted by Crippen LogP contribution is 2.35. The number of aryl methyl sites for hydroxylation is 1. The van der Waals surface area contributed by atoms with E-state index < -0.39 is 20.7 Å². The van der Waals surface area contributed by atoms with E-state index in [-0.39, 0.29) is 18.3 Å². The Balaban J connectivity index is 0.00000385. The Morgan fingerprint density at radius 2 is 1.82 bits per heavy atom. The van der Waals surface area contributed by atoms with Crippen LogP contribution in [-0.2, 0) is 14.8 Å². The van der Waals surface area contributed by atoms with Gasteiger partial charge in [-0.15, -0.1) is 12.4 Å². The third-order valence-corrected chi connectivity index (χ3v) is 8.82. The van der Waals surface area contributed by atoms with Gasteiger partial charge in [0.2, 0.25) is 15.9 Å². The molecule has 7 nitrogen and oxygen atoms in total. The molecular weight excluding hydrogens is 462 g/mol. The van der Waals surface area contributed by atoms with Gasteiger partial charge in [-0.3, -0.25) is 4.79 Å². The van der Waals surface area contributed by atoms with Crippen LogP contribution in [0, 0.1) is 6.92 Å². The van der Waals surface area contributed by atoms with Crippen LogP contribution in [0.15, 0.2) is 42.5 Å². The number of sulfonamides is 1. The average Bonchev–Trinajstić information content (AvgIpc) is 2.77. The lowest BCUT2D eigenvalue weighted by atomic mass is 9.87. The first-order chi connectivity index (χ1) is 15.1. The molecule has 0 radical (unpaired) electrons. The summed E-state index contributed by atoms with van der Waals surface area (Å²) in [5.74, 6) is 0.234. The number of amides is 1. The van der Waals surface area contributed by atoms with Gasteiger partial charge in [-0.25, -0.2) is 12.7 Å². The molecule has 1 aliphatic heterocycles. The van der Waals surface area contributed by atoms with E-state index in [9.17, 15) is 13.2 Å². The Labute approximate surface area is 202 Å². The lowest BCUT2D eigenvalue weighted by molar-refractivity contribution is -0.119. The van der Waals surface area contributed by atoms with Crippen molar-refractivity contribution in [2.24, 2.45) is 11.5 Å². The topological polar surface area (TPSA) is 116 Å². The van der Waals surface area contributed by atoms with Gasteiger partial charge in [-0.2, -0.15) is 0 Å². The molecule has 182 valence electrons. The SMILES string of the molecule is Cc1cc(C2CCN(S(=O)(=O)C(C)(C)C(N)=O)CC2)ccc1-c1cccc(OCCN)c1.Cl. The number of hydrogen-bond acceptors (Lipinski definition) is 5. The number of carbonyl (C=O) groups is 1. The van der Waals surface area contributed by atoms with E-state index in [0.717, 1.165) is 22.4 Å². The lowest BCUT2D eigenvalue weighted by Gasteiger charge is -2.35. The summed E-state index contributed by atoms with van der Waals surface area (Å²) in [5, 5.41) is 0. The molecule has 0 spiro atoms. The smallest absolute Gasteiger partial charge is 0.239 e. The predicted octanol–water partition coefficient (Wildman–Crippen LogP) is 3.19. The summed E-state index contributed by atoms with van der Waals surface area (Å²) in [6.45, 7) is 6.53. The van der Waals surface area contributed by atoms with Crippen LogP contribution in [-0.4, -0.2) is 49.6 Å². The van der Waals surface area contributed by atoms with Crippen LogP contribution in [0.1, 0.15) is 43.7 Å². The van der Waals surface area contributed by atoms with E-state index in [1.165, 1.54) is 23.7 Å². The molecule has 33 heavy (non-hydrogen) atoms. The lowest BCUT2D eigenvalue weighted by Crippen LogP contribution is -2.53. The molecule has 9 heteroatoms. The second-order valence-electron chi connectivity index (χ2n) is 8.79. The van der Waals surface area contributed by atoms with Crippen molar-refractivity contribution >= 4 is 28.3 Å². The number of halogens is 1. The highest BCUT2D eigenvalue weighted by molar-refractivity contribution is 7.91. The number of carbonyl (C=O) groups excluding carboxylic acids is 1. The number of rotatable bonds is 8. The predicted molar refractivity (Wildman–Crippen MR) is 134 cm³/mol. The zero-order valence-corrected chi connectivity index (χ0v) is 21.0. The molecule has 1 fully saturated rings. The van der Waals surface area contributed by atoms with Crippen LogP contribution in [0.25, 0.3) is 11.1 Å². The summed E-state index contributed by atoms with van der Waals surface area (Å²) in [6.07, 6.45) is 1.41. The quantitative estimate of drug-likeness (QED) is 0.583. The molecule has 3 rings (SSSR count). The van der Waals surface area contributed by atoms with E-state index in [1.807, 2.05) is 18.2 Å². The van der Waals surface area contributed by atoms with E-state index in [1.54, 1.807) is 0 Å². The highest BCUT2D eigenvalue weighted by Gasteiger charge is 2.45. The van der Waals surface area contributed by atoms with Crippen molar-refractivity contribution in [3.63, 3.8) is 0 Å². The molecule has 0 saturated carbocycles. The van der Waals surface area contributed by atoms with Crippen LogP contribution in [0.4, 0.5) is 0 Å². The third kappa shape index (κ3) is 5.69. The minimum Gasteiger partial charge on any atom is -0.492 e. The van der Waals surface area contributed by atoms with Gasteiger partial charge >= 0.3 is 0 Å². The van der Waals surface area contributed by atoms with Crippen molar-refractivity contribution in [3.8, 4) is 16.9 Å². The molecule has 4 N–H and O–H groups in total. The summed E-state index contributed by atoms with van der Waals surface area (Å²) >= 11 is 0. The highest BCUT2D eigenvalue weighted by atomic mass is 35.5. The maximum Gasteiger partial charge on any atom is 0.239 e. The largest absolute Gasteiger partial charge is 0.492 e. The Bertz CT molecular complexity index is 1080. The zero-order chi connectivity index (χ0) is 23.5. The van der Waals surface area contributed by atoms with Crippen LogP contribution in [0.3, 0.4) is 0 Å². The number of benzene rings is 2. The van der Waals surface area contributed by atoms with Crippen molar-refractivity contribution < 1.29 is 17.9 Å². The molecule has 0 unspecified atom stereocenters. The first-order valence-corrected chi connectivity index (χ1v) is 12.4. The number of ether oxygens (including phenoxy) is 1. The Morgan fingerprint density at radius 1 is 1.15 bits per heavy atom. The summed E-state index contributed by atoms with van der Waals surface area (Å²) in [6, 6.07) is 14.4. The fraction of sp³-hybridized carbons (Fsp3) is 0.458. The first kappa shape index (κ1) is 27.1. The van der Waals surface area contributed by atoms with Gasteiger partial charge in [0.1, 0.15) is 12.4 Å². The Morgan fingerprint density at radius 3 is 2.39 bits per heavy atom. The van der Waals surface area contributed by atoms with Crippen molar-refractivity contribution in [3.05, 3.63) is 53.6 Å². The normalized spacial score (nSPS) is 15.6. The molecule has 0 bridgehead atoms. The maximum atomic E-state index is 12.8. The van der Waals surface area contributed by atoms with E-state index in [4.69, 9.17) is 16.2 Å². The fourth-order valence-electron chi connectivity index (χ4n) is 4.07. The number of piperidine rings is 1. The minimum absolute atomic E-state index is 0. The van der Waals surface area contributed by atoms with Crippen LogP contribution >= 0.6 is 12.4 Å². The molecule has 0 aromatic heterocycles. The molecule has 0 atom stereocenters. The van der Waals surface area contributed by atoms with Crippen LogP contribution in [0.5, 0.6) is 5.75 Å². The number of nitrogens with zero attached hydrogens (tertiary/aromatic N) is 1. The molecule has 2 aromatic rings. The second kappa shape index (κ2) is 10.9. The molecule has 0 aliphatic carbocycles. The Hall–Kier alpha value is -2.13. The van der Waals surface area contributed by atoms with E-state index in [2.05, 4.69) is 31.2 Å². The van der Waals surface area contributed by atoms with E-state index >= 15 is 0 Å². The van der Waals surface area contributed by atoms with Crippen LogP contribution in [0.2, 0.25) is 0 Å². The summed E-state index contributed by atoms with van der Waals surface area (Å²) < 4.78 is 31.1. The minimum atomic E-state index is -3.79. The van der Waals surface area contributed by atoms with Gasteiger partial charge < -0.3 is 16.2 Å². The van der Waals surface area contributed by atoms with Crippen molar-refractivity contribution in [1.29, 1.82) is 0 Å². The molecule has 1 amide bonds. The fourth-order valence-corrected chi connectivity index (χ4v) is 5.67. The first-order valence-electron chi connectivity index (χ1n) is 10.9. The van der Waals surface area contributed by atoms with Gasteiger partial charge in [0.25, 0.3) is 0 Å². The molecule has 2 aromatic carbocycles. The average molecular weight is 496 g/mol. The maximum absolute atomic E-state index is 12.8. The van der Waals surface area contributed by atoms with E-state index in [0.29, 0.717) is 39.1 Å². The van der Waals surface area contributed by atoms with Crippen molar-refractivity contribution in [1.82, 2.24) is 4.31 Å². The molecule has 1 aliphatic rings. The number of primary amides is 1. The summed E-state index contributed by atoms with van der Waals surface area (Å²) in [5.41, 5.74) is 15.4. The van der Waals surface area contributed by atoms with Gasteiger partial charge in [-0.1, -0.05) is 30.3 Å². The molecule has 1 saturated heterocycles. The van der Waals surface area contributed by atoms with Crippen molar-refractivity contribution in [2.75, 3.05) is 26.2 Å². The Kier molecular flexibility index (Phi) is 8.93. The third-order valence-electron chi connectivity index (χ3n) is 6.29. The van der Waals surface area contributed by atoms with Gasteiger partial charge in [-0.05, 0) is 73.9 Å². The molecular formula is C24H34ClN3O4S.